The minimum Gasteiger partial charge on any atom is -0.462 e. The van der Waals surface area contributed by atoms with Crippen molar-refractivity contribution >= 4 is 18.4 Å². The number of ether oxygens (including phenoxy) is 1. The molecule has 0 fully saturated rings. The molecule has 2 rings (SSSR count). The summed E-state index contributed by atoms with van der Waals surface area (Å²) in [5.74, 6) is -0.640. The normalized spacial score (nSPS) is 13.0. The van der Waals surface area contributed by atoms with Gasteiger partial charge in [0.05, 0.1) is 0 Å². The largest absolute Gasteiger partial charge is 0.462 e. The summed E-state index contributed by atoms with van der Waals surface area (Å²) in [7, 11) is 0. The summed E-state index contributed by atoms with van der Waals surface area (Å²) in [5, 5.41) is 11.4. The topological polar surface area (TPSA) is 49.8 Å². The SMILES string of the molecule is CCN(CC)CCOC(=O)C(O)(c1ccccc1)c1ccc(C)c(C)c1.Cl. The molecule has 0 aromatic heterocycles. The Balaban J connectivity index is 0.00000364. The standard InChI is InChI=1S/C22H29NO3.ClH/c1-5-23(6-2)14-15-26-21(24)22(25,19-10-8-7-9-11-19)20-13-12-17(3)18(4)16-20;/h7-13,16,25H,5-6,14-15H2,1-4H3;1H. The zero-order valence-electron chi connectivity index (χ0n) is 16.6. The minimum atomic E-state index is -1.82. The van der Waals surface area contributed by atoms with Crippen LogP contribution < -0.4 is 0 Å². The van der Waals surface area contributed by atoms with Crippen LogP contribution in [0.3, 0.4) is 0 Å². The van der Waals surface area contributed by atoms with E-state index in [2.05, 4.69) is 18.7 Å². The van der Waals surface area contributed by atoms with Crippen LogP contribution in [0.4, 0.5) is 0 Å². The molecular weight excluding hydrogens is 362 g/mol. The van der Waals surface area contributed by atoms with Crippen molar-refractivity contribution in [2.75, 3.05) is 26.2 Å². The van der Waals surface area contributed by atoms with Crippen molar-refractivity contribution in [2.24, 2.45) is 0 Å². The first-order chi connectivity index (χ1) is 12.4. The number of esters is 1. The number of halogens is 1. The Kier molecular flexibility index (Phi) is 8.97. The van der Waals surface area contributed by atoms with Gasteiger partial charge in [0, 0.05) is 6.54 Å². The minimum absolute atomic E-state index is 0. The summed E-state index contributed by atoms with van der Waals surface area (Å²) < 4.78 is 5.49. The molecule has 0 aliphatic heterocycles. The van der Waals surface area contributed by atoms with E-state index < -0.39 is 11.6 Å². The molecular formula is C22H30ClNO3. The Morgan fingerprint density at radius 2 is 1.63 bits per heavy atom. The van der Waals surface area contributed by atoms with Gasteiger partial charge in [-0.05, 0) is 49.2 Å². The van der Waals surface area contributed by atoms with Crippen molar-refractivity contribution in [1.82, 2.24) is 4.90 Å². The molecule has 0 saturated carbocycles. The number of benzene rings is 2. The third-order valence-electron chi connectivity index (χ3n) is 4.95. The van der Waals surface area contributed by atoms with Gasteiger partial charge < -0.3 is 14.7 Å². The predicted octanol–water partition coefficient (Wildman–Crippen LogP) is 3.85. The summed E-state index contributed by atoms with van der Waals surface area (Å²) in [6, 6.07) is 14.5. The van der Waals surface area contributed by atoms with E-state index in [0.717, 1.165) is 24.2 Å². The number of carbonyl (C=O) groups excluding carboxylic acids is 1. The molecule has 0 aliphatic rings. The number of aliphatic hydroxyl groups is 1. The van der Waals surface area contributed by atoms with Crippen LogP contribution in [0.25, 0.3) is 0 Å². The van der Waals surface area contributed by atoms with Gasteiger partial charge in [-0.1, -0.05) is 62.4 Å². The first-order valence-corrected chi connectivity index (χ1v) is 9.18. The third-order valence-corrected chi connectivity index (χ3v) is 4.95. The lowest BCUT2D eigenvalue weighted by Gasteiger charge is -2.28. The molecule has 0 spiro atoms. The molecule has 2 aromatic carbocycles. The molecule has 4 nitrogen and oxygen atoms in total. The zero-order chi connectivity index (χ0) is 19.2. The monoisotopic (exact) mass is 391 g/mol. The molecule has 1 atom stereocenters. The second-order valence-corrected chi connectivity index (χ2v) is 6.54. The van der Waals surface area contributed by atoms with Crippen molar-refractivity contribution in [3.8, 4) is 0 Å². The Morgan fingerprint density at radius 1 is 1.00 bits per heavy atom. The Morgan fingerprint density at radius 3 is 2.19 bits per heavy atom. The van der Waals surface area contributed by atoms with Gasteiger partial charge >= 0.3 is 5.97 Å². The molecule has 148 valence electrons. The molecule has 0 aliphatic carbocycles. The van der Waals surface area contributed by atoms with Crippen molar-refractivity contribution in [1.29, 1.82) is 0 Å². The quantitative estimate of drug-likeness (QED) is 0.694. The summed E-state index contributed by atoms with van der Waals surface area (Å²) in [6.45, 7) is 10.8. The predicted molar refractivity (Wildman–Crippen MR) is 111 cm³/mol. The highest BCUT2D eigenvalue weighted by molar-refractivity contribution is 5.86. The number of hydrogen-bond acceptors (Lipinski definition) is 4. The molecule has 0 bridgehead atoms. The van der Waals surface area contributed by atoms with Crippen LogP contribution in [-0.4, -0.2) is 42.2 Å². The van der Waals surface area contributed by atoms with Gasteiger partial charge in [-0.2, -0.15) is 0 Å². The molecule has 1 N–H and O–H groups in total. The van der Waals surface area contributed by atoms with Crippen LogP contribution in [0.15, 0.2) is 48.5 Å². The Hall–Kier alpha value is -1.88. The number of aryl methyl sites for hydroxylation is 2. The van der Waals surface area contributed by atoms with Gasteiger partial charge in [-0.15, -0.1) is 12.4 Å². The molecule has 27 heavy (non-hydrogen) atoms. The molecule has 1 unspecified atom stereocenters. The van der Waals surface area contributed by atoms with E-state index in [0.29, 0.717) is 17.7 Å². The van der Waals surface area contributed by atoms with E-state index in [1.165, 1.54) is 0 Å². The van der Waals surface area contributed by atoms with Gasteiger partial charge in [-0.25, -0.2) is 4.79 Å². The van der Waals surface area contributed by atoms with Crippen LogP contribution in [0, 0.1) is 13.8 Å². The van der Waals surface area contributed by atoms with Crippen LogP contribution in [0.5, 0.6) is 0 Å². The molecule has 2 aromatic rings. The number of nitrogens with zero attached hydrogens (tertiary/aromatic N) is 1. The fraction of sp³-hybridized carbons (Fsp3) is 0.409. The second kappa shape index (κ2) is 10.5. The smallest absolute Gasteiger partial charge is 0.347 e. The average molecular weight is 392 g/mol. The number of hydrogen-bond donors (Lipinski definition) is 1. The van der Waals surface area contributed by atoms with Gasteiger partial charge in [0.15, 0.2) is 0 Å². The average Bonchev–Trinajstić information content (AvgIpc) is 2.67. The first kappa shape index (κ1) is 23.2. The van der Waals surface area contributed by atoms with Gasteiger partial charge in [0.25, 0.3) is 0 Å². The van der Waals surface area contributed by atoms with Crippen LogP contribution in [-0.2, 0) is 15.1 Å². The molecule has 0 saturated heterocycles. The fourth-order valence-electron chi connectivity index (χ4n) is 2.96. The van der Waals surface area contributed by atoms with Crippen LogP contribution >= 0.6 is 12.4 Å². The maximum atomic E-state index is 12.9. The Bertz CT molecular complexity index is 732. The van der Waals surface area contributed by atoms with Crippen LogP contribution in [0.2, 0.25) is 0 Å². The number of likely N-dealkylation sites (N-methyl/N-ethyl adjacent to an activating group) is 1. The third kappa shape index (κ3) is 5.32. The van der Waals surface area contributed by atoms with Gasteiger partial charge in [0.2, 0.25) is 5.60 Å². The lowest BCUT2D eigenvalue weighted by Crippen LogP contribution is -2.40. The maximum absolute atomic E-state index is 12.9. The summed E-state index contributed by atoms with van der Waals surface area (Å²) in [6.07, 6.45) is 0. The molecule has 0 amide bonds. The van der Waals surface area contributed by atoms with E-state index in [-0.39, 0.29) is 19.0 Å². The van der Waals surface area contributed by atoms with E-state index in [1.807, 2.05) is 44.2 Å². The van der Waals surface area contributed by atoms with Crippen molar-refractivity contribution in [2.45, 2.75) is 33.3 Å². The summed E-state index contributed by atoms with van der Waals surface area (Å²) in [4.78, 5) is 15.1. The number of carbonyl (C=O) groups is 1. The molecule has 0 heterocycles. The highest BCUT2D eigenvalue weighted by Crippen LogP contribution is 2.32. The molecule has 5 heteroatoms. The van der Waals surface area contributed by atoms with E-state index in [1.54, 1.807) is 18.2 Å². The van der Waals surface area contributed by atoms with Crippen molar-refractivity contribution in [3.05, 3.63) is 70.8 Å². The Labute approximate surface area is 168 Å². The summed E-state index contributed by atoms with van der Waals surface area (Å²) >= 11 is 0. The van der Waals surface area contributed by atoms with Crippen molar-refractivity contribution < 1.29 is 14.6 Å². The second-order valence-electron chi connectivity index (χ2n) is 6.54. The maximum Gasteiger partial charge on any atom is 0.347 e. The van der Waals surface area contributed by atoms with Crippen LogP contribution in [0.1, 0.15) is 36.1 Å². The fourth-order valence-corrected chi connectivity index (χ4v) is 2.96. The van der Waals surface area contributed by atoms with E-state index in [9.17, 15) is 9.90 Å². The van der Waals surface area contributed by atoms with E-state index in [4.69, 9.17) is 4.74 Å². The lowest BCUT2D eigenvalue weighted by molar-refractivity contribution is -0.162. The highest BCUT2D eigenvalue weighted by Gasteiger charge is 2.41. The zero-order valence-corrected chi connectivity index (χ0v) is 17.4. The lowest BCUT2D eigenvalue weighted by atomic mass is 9.85. The molecule has 0 radical (unpaired) electrons. The van der Waals surface area contributed by atoms with Crippen molar-refractivity contribution in [3.63, 3.8) is 0 Å². The first-order valence-electron chi connectivity index (χ1n) is 9.18. The van der Waals surface area contributed by atoms with E-state index >= 15 is 0 Å². The highest BCUT2D eigenvalue weighted by atomic mass is 35.5. The number of rotatable bonds is 8. The summed E-state index contributed by atoms with van der Waals surface area (Å²) in [5.41, 5.74) is 1.35. The van der Waals surface area contributed by atoms with Gasteiger partial charge in [-0.3, -0.25) is 0 Å². The van der Waals surface area contributed by atoms with Gasteiger partial charge in [0.1, 0.15) is 6.61 Å².